The van der Waals surface area contributed by atoms with Gasteiger partial charge in [0.1, 0.15) is 5.82 Å². The predicted molar refractivity (Wildman–Crippen MR) is 143 cm³/mol. The molecule has 0 fully saturated rings. The third-order valence-corrected chi connectivity index (χ3v) is 7.47. The number of halogens is 3. The van der Waals surface area contributed by atoms with Gasteiger partial charge in [-0.25, -0.2) is 23.4 Å². The van der Waals surface area contributed by atoms with Crippen molar-refractivity contribution in [2.45, 2.75) is 83.5 Å². The Balaban J connectivity index is 0.00000103. The molecule has 1 aliphatic rings. The Labute approximate surface area is 231 Å². The van der Waals surface area contributed by atoms with E-state index in [2.05, 4.69) is 15.0 Å². The topological polar surface area (TPSA) is 142 Å². The third-order valence-electron chi connectivity index (χ3n) is 6.29. The number of anilines is 1. The number of sulfone groups is 1. The van der Waals surface area contributed by atoms with Crippen LogP contribution in [0.1, 0.15) is 70.2 Å². The van der Waals surface area contributed by atoms with Gasteiger partial charge in [-0.3, -0.25) is 0 Å². The minimum absolute atomic E-state index is 0.00378. The molecule has 10 nitrogen and oxygen atoms in total. The maximum absolute atomic E-state index is 13.9. The van der Waals surface area contributed by atoms with E-state index >= 15 is 0 Å². The average molecular weight is 588 g/mol. The number of fused-ring (bicyclic) bond motifs is 3. The smallest absolute Gasteiger partial charge is 0.394 e. The zero-order valence-electron chi connectivity index (χ0n) is 23.5. The Bertz CT molecular complexity index is 1480. The minimum Gasteiger partial charge on any atom is -0.394 e. The Hall–Kier alpha value is -2.81. The number of hydrogen-bond acceptors (Lipinski definition) is 9. The monoisotopic (exact) mass is 587 g/mol. The fraction of sp³-hybridized carbons (Fsp3) is 0.577. The number of aromatic nitrogens is 4. The lowest BCUT2D eigenvalue weighted by Gasteiger charge is -2.38. The van der Waals surface area contributed by atoms with Gasteiger partial charge in [-0.05, 0) is 51.3 Å². The fourth-order valence-electron chi connectivity index (χ4n) is 4.69. The van der Waals surface area contributed by atoms with E-state index in [1.807, 2.05) is 18.4 Å². The molecule has 40 heavy (non-hydrogen) atoms. The number of imidazole rings is 1. The molecular weight excluding hydrogens is 551 g/mol. The lowest BCUT2D eigenvalue weighted by Crippen LogP contribution is -2.42. The van der Waals surface area contributed by atoms with Crippen molar-refractivity contribution in [3.05, 3.63) is 41.0 Å². The highest BCUT2D eigenvalue weighted by Crippen LogP contribution is 2.40. The van der Waals surface area contributed by atoms with Crippen LogP contribution in [-0.2, 0) is 34.8 Å². The van der Waals surface area contributed by atoms with E-state index in [0.29, 0.717) is 23.4 Å². The summed E-state index contributed by atoms with van der Waals surface area (Å²) in [6.45, 7) is 9.78. The van der Waals surface area contributed by atoms with Gasteiger partial charge >= 0.3 is 6.18 Å². The number of alkyl halides is 3. The average Bonchev–Trinajstić information content (AvgIpc) is 3.17. The van der Waals surface area contributed by atoms with Gasteiger partial charge in [-0.2, -0.15) is 13.2 Å². The van der Waals surface area contributed by atoms with Gasteiger partial charge in [-0.1, -0.05) is 13.8 Å². The maximum Gasteiger partial charge on any atom is 0.433 e. The van der Waals surface area contributed by atoms with Crippen molar-refractivity contribution < 1.29 is 36.9 Å². The molecule has 3 N–H and O–H groups in total. The fourth-order valence-corrected chi connectivity index (χ4v) is 5.61. The van der Waals surface area contributed by atoms with Gasteiger partial charge in [-0.15, -0.1) is 0 Å². The number of aliphatic hydroxyl groups is 3. The van der Waals surface area contributed by atoms with E-state index in [9.17, 15) is 31.8 Å². The second-order valence-electron chi connectivity index (χ2n) is 11.0. The molecule has 1 atom stereocenters. The molecule has 3 aromatic rings. The van der Waals surface area contributed by atoms with Crippen molar-refractivity contribution in [2.24, 2.45) is 5.92 Å². The van der Waals surface area contributed by atoms with E-state index < -0.39 is 45.5 Å². The zero-order chi connectivity index (χ0) is 30.4. The molecule has 0 aliphatic carbocycles. The molecule has 2 aromatic heterocycles. The molecule has 14 heteroatoms. The maximum atomic E-state index is 13.9. The Morgan fingerprint density at radius 1 is 1.10 bits per heavy atom. The highest BCUT2D eigenvalue weighted by Gasteiger charge is 2.42. The number of benzene rings is 1. The normalized spacial score (nSPS) is 16.4. The van der Waals surface area contributed by atoms with Gasteiger partial charge in [0.15, 0.2) is 15.5 Å². The first-order chi connectivity index (χ1) is 18.3. The first-order valence-corrected chi connectivity index (χ1v) is 14.6. The van der Waals surface area contributed by atoms with Crippen molar-refractivity contribution in [3.8, 4) is 0 Å². The van der Waals surface area contributed by atoms with Crippen molar-refractivity contribution in [1.82, 2.24) is 19.5 Å². The summed E-state index contributed by atoms with van der Waals surface area (Å²) in [6.07, 6.45) is -2.90. The second-order valence-corrected chi connectivity index (χ2v) is 12.9. The van der Waals surface area contributed by atoms with Crippen LogP contribution in [0, 0.1) is 5.92 Å². The van der Waals surface area contributed by atoms with Crippen LogP contribution in [-0.4, -0.2) is 62.2 Å². The molecule has 0 saturated heterocycles. The Morgan fingerprint density at radius 3 is 2.17 bits per heavy atom. The molecule has 0 spiro atoms. The van der Waals surface area contributed by atoms with E-state index in [4.69, 9.17) is 5.11 Å². The lowest BCUT2D eigenvalue weighted by molar-refractivity contribution is -0.144. The first-order valence-electron chi connectivity index (χ1n) is 12.7. The van der Waals surface area contributed by atoms with Crippen LogP contribution >= 0.6 is 0 Å². The van der Waals surface area contributed by atoms with Gasteiger partial charge in [0.05, 0.1) is 34.2 Å². The van der Waals surface area contributed by atoms with Crippen molar-refractivity contribution in [1.29, 1.82) is 0 Å². The summed E-state index contributed by atoms with van der Waals surface area (Å²) >= 11 is 0. The standard InChI is InChI=1S/C23H28F3N5O4S.C3H8O/c1-12(2)18-20-28-15-8-13(11-32)17(36(5,34)35)9-16(15)30(20)6-7-31(18)21-27-10-14(22(3,4)33)19(29-21)23(24,25)26;1-3(2)4/h8-10,12,18,32-33H,6-7,11H2,1-5H3;3-4H,1-2H3. The van der Waals surface area contributed by atoms with Crippen LogP contribution in [0.5, 0.6) is 0 Å². The summed E-state index contributed by atoms with van der Waals surface area (Å²) in [5, 5.41) is 28.0. The highest BCUT2D eigenvalue weighted by atomic mass is 32.2. The summed E-state index contributed by atoms with van der Waals surface area (Å²) in [5.74, 6) is 0.268. The molecule has 0 amide bonds. The van der Waals surface area contributed by atoms with Crippen LogP contribution in [0.3, 0.4) is 0 Å². The molecule has 0 saturated carbocycles. The minimum atomic E-state index is -4.80. The summed E-state index contributed by atoms with van der Waals surface area (Å²) in [7, 11) is -3.62. The van der Waals surface area contributed by atoms with Crippen molar-refractivity contribution in [3.63, 3.8) is 0 Å². The van der Waals surface area contributed by atoms with Gasteiger partial charge in [0.2, 0.25) is 5.95 Å². The number of rotatable bonds is 5. The predicted octanol–water partition coefficient (Wildman–Crippen LogP) is 3.57. The highest BCUT2D eigenvalue weighted by molar-refractivity contribution is 7.90. The Morgan fingerprint density at radius 2 is 1.70 bits per heavy atom. The van der Waals surface area contributed by atoms with E-state index in [1.165, 1.54) is 26.0 Å². The molecule has 0 bridgehead atoms. The molecule has 222 valence electrons. The number of hydrogen-bond donors (Lipinski definition) is 3. The SMILES string of the molecule is CC(C)C1c2nc3cc(CO)c(S(C)(=O)=O)cc3n2CCN1c1ncc(C(C)(C)O)c(C(F)(F)F)n1.CC(C)O. The van der Waals surface area contributed by atoms with E-state index in [1.54, 1.807) is 18.7 Å². The summed E-state index contributed by atoms with van der Waals surface area (Å²) < 4.78 is 68.0. The van der Waals surface area contributed by atoms with Gasteiger partial charge in [0.25, 0.3) is 0 Å². The Kier molecular flexibility index (Phi) is 8.90. The molecular formula is C26H36F3N5O5S. The lowest BCUT2D eigenvalue weighted by atomic mass is 9.97. The van der Waals surface area contributed by atoms with Crippen LogP contribution in [0.15, 0.2) is 23.2 Å². The van der Waals surface area contributed by atoms with E-state index in [0.717, 1.165) is 12.5 Å². The third kappa shape index (κ3) is 6.56. The molecule has 1 unspecified atom stereocenters. The quantitative estimate of drug-likeness (QED) is 0.408. The van der Waals surface area contributed by atoms with Gasteiger partial charge < -0.3 is 24.8 Å². The first kappa shape index (κ1) is 31.7. The molecule has 1 aromatic carbocycles. The zero-order valence-corrected chi connectivity index (χ0v) is 24.3. The number of nitrogens with zero attached hydrogens (tertiary/aromatic N) is 5. The number of aliphatic hydroxyl groups excluding tert-OH is 2. The summed E-state index contributed by atoms with van der Waals surface area (Å²) in [4.78, 5) is 14.4. The van der Waals surface area contributed by atoms with Crippen LogP contribution in [0.4, 0.5) is 19.1 Å². The van der Waals surface area contributed by atoms with Crippen LogP contribution < -0.4 is 4.90 Å². The van der Waals surface area contributed by atoms with Crippen LogP contribution in [0.25, 0.3) is 11.0 Å². The van der Waals surface area contributed by atoms with Crippen molar-refractivity contribution >= 4 is 26.8 Å². The summed E-state index contributed by atoms with van der Waals surface area (Å²) in [6, 6.07) is 2.49. The summed E-state index contributed by atoms with van der Waals surface area (Å²) in [5.41, 5.74) is -2.16. The molecule has 0 radical (unpaired) electrons. The molecule has 4 rings (SSSR count). The van der Waals surface area contributed by atoms with Crippen LogP contribution in [0.2, 0.25) is 0 Å². The molecule has 3 heterocycles. The van der Waals surface area contributed by atoms with Crippen molar-refractivity contribution in [2.75, 3.05) is 17.7 Å². The second kappa shape index (κ2) is 11.2. The van der Waals surface area contributed by atoms with E-state index in [-0.39, 0.29) is 35.0 Å². The van der Waals surface area contributed by atoms with Gasteiger partial charge in [0, 0.05) is 37.2 Å². The largest absolute Gasteiger partial charge is 0.433 e. The molecule has 1 aliphatic heterocycles.